The third-order valence-corrected chi connectivity index (χ3v) is 6.87. The summed E-state index contributed by atoms with van der Waals surface area (Å²) in [5, 5.41) is 0. The summed E-state index contributed by atoms with van der Waals surface area (Å²) in [6.07, 6.45) is 4.39. The minimum Gasteiger partial charge on any atom is -0.309 e. The van der Waals surface area contributed by atoms with Crippen molar-refractivity contribution in [1.82, 2.24) is 0 Å². The third-order valence-electron chi connectivity index (χ3n) is 6.87. The van der Waals surface area contributed by atoms with Gasteiger partial charge in [0.05, 0.1) is 11.4 Å². The molecule has 0 heterocycles. The fraction of sp³-hybridized carbons (Fsp3) is 0. The molecule has 6 rings (SSSR count). The van der Waals surface area contributed by atoms with E-state index < -0.39 is 0 Å². The van der Waals surface area contributed by atoms with Gasteiger partial charge in [-0.15, -0.1) is 0 Å². The SMILES string of the molecule is C(=C\c1ccccc1N(c1cccc(-c2ccccc2)c1)c1ccccc1-c1ccccc1)/c1ccccc1. The van der Waals surface area contributed by atoms with Gasteiger partial charge in [0.25, 0.3) is 0 Å². The molecule has 0 bridgehead atoms. The zero-order valence-corrected chi connectivity index (χ0v) is 21.7. The van der Waals surface area contributed by atoms with Crippen molar-refractivity contribution in [2.75, 3.05) is 4.90 Å². The van der Waals surface area contributed by atoms with Crippen LogP contribution in [0.1, 0.15) is 11.1 Å². The van der Waals surface area contributed by atoms with Gasteiger partial charge >= 0.3 is 0 Å². The highest BCUT2D eigenvalue weighted by atomic mass is 15.1. The standard InChI is InChI=1S/C38H29N/c1-4-15-30(16-5-1)27-28-33-21-10-12-25-37(33)39(35-23-14-22-34(29-35)31-17-6-2-7-18-31)38-26-13-11-24-36(38)32-19-8-3-9-20-32/h1-29H/b28-27+. The molecule has 6 aromatic carbocycles. The Morgan fingerprint density at radius 2 is 0.949 bits per heavy atom. The molecule has 0 radical (unpaired) electrons. The Bertz CT molecular complexity index is 1690. The van der Waals surface area contributed by atoms with E-state index in [1.807, 2.05) is 6.07 Å². The number of anilines is 3. The Labute approximate surface area is 231 Å². The number of nitrogens with zero attached hydrogens (tertiary/aromatic N) is 1. The van der Waals surface area contributed by atoms with E-state index in [0.717, 1.165) is 22.6 Å². The lowest BCUT2D eigenvalue weighted by Crippen LogP contribution is -2.12. The zero-order chi connectivity index (χ0) is 26.3. The monoisotopic (exact) mass is 499 g/mol. The first-order chi connectivity index (χ1) is 19.4. The molecule has 0 saturated heterocycles. The van der Waals surface area contributed by atoms with Crippen LogP contribution in [0.4, 0.5) is 17.1 Å². The van der Waals surface area contributed by atoms with Crippen molar-refractivity contribution in [3.8, 4) is 22.3 Å². The molecule has 0 aliphatic heterocycles. The minimum absolute atomic E-state index is 1.11. The number of benzene rings is 6. The van der Waals surface area contributed by atoms with Gasteiger partial charge in [0.1, 0.15) is 0 Å². The van der Waals surface area contributed by atoms with Gasteiger partial charge in [-0.2, -0.15) is 0 Å². The van der Waals surface area contributed by atoms with Crippen LogP contribution in [0.25, 0.3) is 34.4 Å². The Balaban J connectivity index is 1.55. The lowest BCUT2D eigenvalue weighted by Gasteiger charge is -2.29. The number of rotatable bonds is 7. The first-order valence-corrected chi connectivity index (χ1v) is 13.3. The van der Waals surface area contributed by atoms with Crippen LogP contribution < -0.4 is 4.90 Å². The highest BCUT2D eigenvalue weighted by Gasteiger charge is 2.19. The molecule has 0 spiro atoms. The minimum atomic E-state index is 1.11. The topological polar surface area (TPSA) is 3.24 Å². The largest absolute Gasteiger partial charge is 0.309 e. The summed E-state index contributed by atoms with van der Waals surface area (Å²) in [5.74, 6) is 0. The summed E-state index contributed by atoms with van der Waals surface area (Å²) >= 11 is 0. The highest BCUT2D eigenvalue weighted by Crippen LogP contribution is 2.43. The molecule has 0 aliphatic carbocycles. The summed E-state index contributed by atoms with van der Waals surface area (Å²) in [4.78, 5) is 2.39. The van der Waals surface area contributed by atoms with Crippen LogP contribution in [-0.2, 0) is 0 Å². The van der Waals surface area contributed by atoms with Crippen molar-refractivity contribution in [3.63, 3.8) is 0 Å². The van der Waals surface area contributed by atoms with Gasteiger partial charge in [-0.1, -0.05) is 152 Å². The van der Waals surface area contributed by atoms with Gasteiger partial charge in [0.2, 0.25) is 0 Å². The number of hydrogen-bond donors (Lipinski definition) is 0. The van der Waals surface area contributed by atoms with Gasteiger partial charge in [-0.3, -0.25) is 0 Å². The normalized spacial score (nSPS) is 11.0. The molecule has 0 aromatic heterocycles. The van der Waals surface area contributed by atoms with Gasteiger partial charge in [0.15, 0.2) is 0 Å². The molecule has 0 aliphatic rings. The van der Waals surface area contributed by atoms with E-state index >= 15 is 0 Å². The summed E-state index contributed by atoms with van der Waals surface area (Å²) in [6.45, 7) is 0. The van der Waals surface area contributed by atoms with E-state index in [1.54, 1.807) is 0 Å². The highest BCUT2D eigenvalue weighted by molar-refractivity contribution is 5.92. The maximum absolute atomic E-state index is 2.39. The second-order valence-electron chi connectivity index (χ2n) is 9.44. The second kappa shape index (κ2) is 11.5. The van der Waals surface area contributed by atoms with Gasteiger partial charge in [-0.25, -0.2) is 0 Å². The Kier molecular flexibility index (Phi) is 7.14. The summed E-state index contributed by atoms with van der Waals surface area (Å²) in [6, 6.07) is 57.8. The zero-order valence-electron chi connectivity index (χ0n) is 21.7. The molecule has 39 heavy (non-hydrogen) atoms. The number of para-hydroxylation sites is 2. The van der Waals surface area contributed by atoms with Crippen LogP contribution in [0.2, 0.25) is 0 Å². The van der Waals surface area contributed by atoms with Crippen molar-refractivity contribution in [2.45, 2.75) is 0 Å². The molecule has 0 N–H and O–H groups in total. The molecule has 0 atom stereocenters. The first-order valence-electron chi connectivity index (χ1n) is 13.3. The quantitative estimate of drug-likeness (QED) is 0.197. The summed E-state index contributed by atoms with van der Waals surface area (Å²) in [5.41, 5.74) is 10.5. The molecule has 186 valence electrons. The molecule has 1 nitrogen and oxygen atoms in total. The molecule has 0 fully saturated rings. The van der Waals surface area contributed by atoms with Crippen molar-refractivity contribution < 1.29 is 0 Å². The lowest BCUT2D eigenvalue weighted by atomic mass is 9.99. The predicted molar refractivity (Wildman–Crippen MR) is 167 cm³/mol. The molecule has 1 heteroatoms. The van der Waals surface area contributed by atoms with Crippen LogP contribution >= 0.6 is 0 Å². The molecule has 0 saturated carbocycles. The van der Waals surface area contributed by atoms with Crippen molar-refractivity contribution in [3.05, 3.63) is 175 Å². The average molecular weight is 500 g/mol. The van der Waals surface area contributed by atoms with Crippen LogP contribution in [0.3, 0.4) is 0 Å². The van der Waals surface area contributed by atoms with Crippen LogP contribution in [-0.4, -0.2) is 0 Å². The molecule has 6 aromatic rings. The second-order valence-corrected chi connectivity index (χ2v) is 9.44. The molecule has 0 unspecified atom stereocenters. The van der Waals surface area contributed by atoms with Crippen LogP contribution in [0, 0.1) is 0 Å². The Morgan fingerprint density at radius 3 is 1.69 bits per heavy atom. The smallest absolute Gasteiger partial charge is 0.0540 e. The first kappa shape index (κ1) is 24.2. The van der Waals surface area contributed by atoms with Gasteiger partial charge in [0, 0.05) is 11.3 Å². The van der Waals surface area contributed by atoms with Crippen molar-refractivity contribution in [1.29, 1.82) is 0 Å². The van der Waals surface area contributed by atoms with Crippen molar-refractivity contribution in [2.24, 2.45) is 0 Å². The molecular weight excluding hydrogens is 470 g/mol. The van der Waals surface area contributed by atoms with E-state index in [1.165, 1.54) is 27.8 Å². The Hall–Kier alpha value is -5.14. The van der Waals surface area contributed by atoms with Crippen LogP contribution in [0.15, 0.2) is 164 Å². The molecular formula is C38H29N. The summed E-state index contributed by atoms with van der Waals surface area (Å²) in [7, 11) is 0. The fourth-order valence-electron chi connectivity index (χ4n) is 4.98. The summed E-state index contributed by atoms with van der Waals surface area (Å²) < 4.78 is 0. The van der Waals surface area contributed by atoms with Gasteiger partial charge < -0.3 is 4.90 Å². The third kappa shape index (κ3) is 5.44. The van der Waals surface area contributed by atoms with Crippen LogP contribution in [0.5, 0.6) is 0 Å². The average Bonchev–Trinajstić information content (AvgIpc) is 3.02. The maximum Gasteiger partial charge on any atom is 0.0540 e. The van der Waals surface area contributed by atoms with E-state index in [4.69, 9.17) is 0 Å². The molecule has 0 amide bonds. The van der Waals surface area contributed by atoms with Crippen molar-refractivity contribution >= 4 is 29.2 Å². The van der Waals surface area contributed by atoms with E-state index in [-0.39, 0.29) is 0 Å². The van der Waals surface area contributed by atoms with E-state index in [2.05, 4.69) is 175 Å². The number of hydrogen-bond acceptors (Lipinski definition) is 1. The lowest BCUT2D eigenvalue weighted by molar-refractivity contribution is 1.28. The predicted octanol–water partition coefficient (Wildman–Crippen LogP) is 10.7. The van der Waals surface area contributed by atoms with E-state index in [0.29, 0.717) is 0 Å². The fourth-order valence-corrected chi connectivity index (χ4v) is 4.98. The van der Waals surface area contributed by atoms with E-state index in [9.17, 15) is 0 Å². The Morgan fingerprint density at radius 1 is 0.385 bits per heavy atom. The maximum atomic E-state index is 2.39. The van der Waals surface area contributed by atoms with Gasteiger partial charge in [-0.05, 0) is 52.1 Å².